The second-order valence-corrected chi connectivity index (χ2v) is 11.5. The number of fused-ring (bicyclic) bond motifs is 1. The molecule has 0 aliphatic carbocycles. The number of hydrogen-bond donors (Lipinski definition) is 0. The van der Waals surface area contributed by atoms with Gasteiger partial charge in [0, 0.05) is 45.5 Å². The quantitative estimate of drug-likeness (QED) is 0.109. The Hall–Kier alpha value is -1.75. The molecule has 188 valence electrons. The molecule has 1 atom stereocenters. The fraction of sp³-hybridized carbons (Fsp3) is 0.276. The zero-order chi connectivity index (χ0) is 25.0. The van der Waals surface area contributed by atoms with Crippen molar-refractivity contribution in [2.45, 2.75) is 25.8 Å². The molecule has 0 radical (unpaired) electrons. The maximum atomic E-state index is 10.4. The summed E-state index contributed by atoms with van der Waals surface area (Å²) in [4.78, 5) is 0. The molecule has 2 saturated heterocycles. The molecule has 0 aromatic heterocycles. The molecular formula is C29H39HfN3OP-3. The summed E-state index contributed by atoms with van der Waals surface area (Å²) in [5.41, 5.74) is 3.17. The third-order valence-electron chi connectivity index (χ3n) is 5.43. The smallest absolute Gasteiger partial charge is 0.292 e. The van der Waals surface area contributed by atoms with Crippen molar-refractivity contribution < 1.29 is 30.4 Å². The zero-order valence-corrected chi connectivity index (χ0v) is 25.8. The summed E-state index contributed by atoms with van der Waals surface area (Å²) >= 11 is 0. The molecule has 2 aliphatic rings. The van der Waals surface area contributed by atoms with Crippen molar-refractivity contribution in [1.82, 2.24) is 9.34 Å². The van der Waals surface area contributed by atoms with Crippen molar-refractivity contribution in [2.24, 2.45) is 0 Å². The number of nitrogens with zero attached hydrogens (tertiary/aromatic N) is 3. The first-order chi connectivity index (χ1) is 16.1. The van der Waals surface area contributed by atoms with Gasteiger partial charge in [0.2, 0.25) is 0 Å². The van der Waals surface area contributed by atoms with Gasteiger partial charge < -0.3 is 9.65 Å². The number of likely N-dealkylation sites (N-methyl/N-ethyl adjacent to an activating group) is 1. The van der Waals surface area contributed by atoms with Gasteiger partial charge in [-0.15, -0.1) is 41.9 Å². The molecule has 2 fully saturated rings. The van der Waals surface area contributed by atoms with E-state index in [-0.39, 0.29) is 31.4 Å². The van der Waals surface area contributed by atoms with E-state index >= 15 is 0 Å². The van der Waals surface area contributed by atoms with Gasteiger partial charge in [0.05, 0.1) is 0 Å². The van der Waals surface area contributed by atoms with Gasteiger partial charge >= 0.3 is 0 Å². The predicted octanol–water partition coefficient (Wildman–Crippen LogP) is 7.44. The van der Waals surface area contributed by atoms with E-state index < -0.39 is 7.59 Å². The Kier molecular flexibility index (Phi) is 13.7. The average Bonchev–Trinajstić information content (AvgIpc) is 3.09. The van der Waals surface area contributed by atoms with Crippen LogP contribution in [0.5, 0.6) is 0 Å². The van der Waals surface area contributed by atoms with E-state index in [1.807, 2.05) is 103 Å². The Balaban J connectivity index is 0.000000243. The van der Waals surface area contributed by atoms with Crippen LogP contribution in [0.3, 0.4) is 0 Å². The molecule has 2 aliphatic heterocycles. The first kappa shape index (κ1) is 31.3. The van der Waals surface area contributed by atoms with Gasteiger partial charge in [0.25, 0.3) is 7.59 Å². The first-order valence-electron chi connectivity index (χ1n) is 11.6. The zero-order valence-electron chi connectivity index (χ0n) is 21.3. The van der Waals surface area contributed by atoms with Gasteiger partial charge in [-0.25, -0.2) is 9.34 Å². The van der Waals surface area contributed by atoms with Crippen LogP contribution < -0.4 is 0 Å². The van der Waals surface area contributed by atoms with Gasteiger partial charge in [-0.1, -0.05) is 38.5 Å². The molecule has 0 bridgehead atoms. The van der Waals surface area contributed by atoms with Gasteiger partial charge in [-0.3, -0.25) is 0 Å². The van der Waals surface area contributed by atoms with E-state index in [2.05, 4.69) is 44.4 Å². The molecule has 6 heteroatoms. The topological polar surface area (TPSA) is 42.0 Å². The standard InChI is InChI=1S/C8H17N3OP.3C7H7.Hf/c1-8(2)4-5-11-7-6-10(3)13(11,12)9-8;3*1-7-5-3-2-4-6-7;/h4-7H2,1-3H3;3*2-6H,1H2;/q4*-1;/p+1. The molecule has 0 amide bonds. The molecule has 4 nitrogen and oxygen atoms in total. The Morgan fingerprint density at radius 2 is 1.09 bits per heavy atom. The monoisotopic (exact) mass is 656 g/mol. The summed E-state index contributed by atoms with van der Waals surface area (Å²) in [5.74, 6) is 0. The fourth-order valence-electron chi connectivity index (χ4n) is 3.38. The van der Waals surface area contributed by atoms with Crippen LogP contribution in [-0.2, 0) is 25.8 Å². The molecule has 0 spiro atoms. The normalized spacial score (nSPS) is 20.2. The second-order valence-electron chi connectivity index (χ2n) is 8.99. The van der Waals surface area contributed by atoms with E-state index in [9.17, 15) is 4.57 Å². The van der Waals surface area contributed by atoms with Gasteiger partial charge in [0.15, 0.2) is 0 Å². The maximum Gasteiger partial charge on any atom is 0.292 e. The first-order valence-corrected chi connectivity index (χ1v) is 13.2. The van der Waals surface area contributed by atoms with Crippen LogP contribution in [0.2, 0.25) is 0 Å². The Labute approximate surface area is 232 Å². The van der Waals surface area contributed by atoms with E-state index in [0.29, 0.717) is 0 Å². The average molecular weight is 655 g/mol. The van der Waals surface area contributed by atoms with Crippen LogP contribution >= 0.6 is 7.59 Å². The molecule has 0 saturated carbocycles. The number of rotatable bonds is 0. The summed E-state index contributed by atoms with van der Waals surface area (Å²) in [7, 11) is -0.274. The van der Waals surface area contributed by atoms with Crippen molar-refractivity contribution in [3.63, 3.8) is 0 Å². The Morgan fingerprint density at radius 1 is 0.714 bits per heavy atom. The van der Waals surface area contributed by atoms with Crippen molar-refractivity contribution in [1.29, 1.82) is 0 Å². The number of benzene rings is 3. The van der Waals surface area contributed by atoms with Crippen LogP contribution in [0.25, 0.3) is 5.09 Å². The fourth-order valence-corrected chi connectivity index (χ4v) is 6.00. The third kappa shape index (κ3) is 11.2. The third-order valence-corrected chi connectivity index (χ3v) is 8.52. The largest absolute Gasteiger partial charge is 0.523 e. The van der Waals surface area contributed by atoms with Crippen LogP contribution in [0, 0.1) is 20.8 Å². The van der Waals surface area contributed by atoms with Crippen LogP contribution in [0.4, 0.5) is 0 Å². The Morgan fingerprint density at radius 3 is 1.40 bits per heavy atom. The molecule has 3 aromatic carbocycles. The Bertz CT molecular complexity index is 911. The van der Waals surface area contributed by atoms with E-state index in [4.69, 9.17) is 0 Å². The van der Waals surface area contributed by atoms with Crippen molar-refractivity contribution in [3.8, 4) is 0 Å². The summed E-state index contributed by atoms with van der Waals surface area (Å²) in [6, 6.07) is 29.6. The van der Waals surface area contributed by atoms with Gasteiger partial charge in [-0.05, 0) is 7.05 Å². The number of hydrogen-bond acceptors (Lipinski definition) is 0. The molecule has 2 heterocycles. The summed E-state index contributed by atoms with van der Waals surface area (Å²) in [6.07, 6.45) is 1.06. The van der Waals surface area contributed by atoms with E-state index in [1.165, 1.54) is 0 Å². The predicted molar refractivity (Wildman–Crippen MR) is 148 cm³/mol. The molecule has 3 aromatic rings. The van der Waals surface area contributed by atoms with Crippen LogP contribution in [-0.4, -0.2) is 46.1 Å². The minimum atomic E-state index is -2.25. The molecule has 35 heavy (non-hydrogen) atoms. The van der Waals surface area contributed by atoms with Crippen LogP contribution in [0.15, 0.2) is 91.0 Å². The minimum absolute atomic E-state index is 0. The van der Waals surface area contributed by atoms with Gasteiger partial charge in [0.1, 0.15) is 0 Å². The SMILES string of the molecule is CN1CCN2CCC(C)(C)[N-]P12=[OH+].[CH2-]c1ccccc1.[CH2-]c1ccccc1.[CH2-]c1ccccc1.[Hf]. The minimum Gasteiger partial charge on any atom is -0.523 e. The summed E-state index contributed by atoms with van der Waals surface area (Å²) in [5, 5.41) is 4.61. The molecule has 1 unspecified atom stereocenters. The molecule has 1 N–H and O–H groups in total. The summed E-state index contributed by atoms with van der Waals surface area (Å²) < 4.78 is 14.6. The van der Waals surface area contributed by atoms with E-state index in [0.717, 1.165) is 42.7 Å². The van der Waals surface area contributed by atoms with Crippen molar-refractivity contribution in [3.05, 3.63) is 134 Å². The summed E-state index contributed by atoms with van der Waals surface area (Å²) in [6.45, 7) is 18.3. The van der Waals surface area contributed by atoms with Crippen molar-refractivity contribution >= 4 is 7.59 Å². The van der Waals surface area contributed by atoms with Crippen molar-refractivity contribution in [2.75, 3.05) is 26.7 Å². The van der Waals surface area contributed by atoms with E-state index in [1.54, 1.807) is 0 Å². The van der Waals surface area contributed by atoms with Gasteiger partial charge in [-0.2, -0.15) is 73.9 Å². The van der Waals surface area contributed by atoms with Crippen LogP contribution in [0.1, 0.15) is 37.0 Å². The second kappa shape index (κ2) is 15.4. The maximum absolute atomic E-state index is 10.4. The molecular weight excluding hydrogens is 616 g/mol. The molecule has 5 rings (SSSR count).